The molecule has 618 valence electrons. The van der Waals surface area contributed by atoms with E-state index < -0.39 is 0 Å². The number of benzene rings is 8. The van der Waals surface area contributed by atoms with Crippen LogP contribution in [-0.2, 0) is 25.8 Å². The molecule has 0 aliphatic heterocycles. The zero-order valence-corrected chi connectivity index (χ0v) is 66.9. The predicted octanol–water partition coefficient (Wildman–Crippen LogP) is 16.3. The molecule has 8 aromatic carbocycles. The molecule has 16 aromatic rings. The van der Waals surface area contributed by atoms with E-state index in [-0.39, 0.29) is 53.4 Å². The second-order valence-electron chi connectivity index (χ2n) is 27.2. The van der Waals surface area contributed by atoms with Gasteiger partial charge in [0.15, 0.2) is 0 Å². The smallest absolute Gasteiger partial charge is 0.255 e. The maximum atomic E-state index is 13.1. The van der Waals surface area contributed by atoms with Gasteiger partial charge in [0.2, 0.25) is 0 Å². The molecular formula is C94H81F4N17O8. The number of hydrogen-bond donors (Lipinski definition) is 8. The van der Waals surface area contributed by atoms with Crippen LogP contribution < -0.4 is 40.2 Å². The van der Waals surface area contributed by atoms with Crippen LogP contribution in [0.25, 0.3) is 92.2 Å². The molecule has 0 bridgehead atoms. The summed E-state index contributed by atoms with van der Waals surface area (Å²) >= 11 is 0. The fraction of sp³-hybridized carbons (Fsp3) is 0.117. The molecule has 16 rings (SSSR count). The van der Waals surface area contributed by atoms with E-state index in [1.165, 1.54) is 77.0 Å². The standard InChI is InChI=1S/3C24H21FN4O2.C22H18FN5O2/c1-31-23-19(24(30)27-15-12-17-10-13-26-14-11-17)7-9-21-22(23)20(28-29-21)8-4-16-2-5-18(25)6-3-16;1-31-23-19(24(30)27-14-12-17-3-2-13-26-15-17)9-11-21-22(23)20(28-29-21)10-6-16-4-7-18(25)8-5-16;1-31-23-19(24(30)27-15-13-18-4-2-3-14-26-18)10-12-21-22(23)20(28-29-21)11-7-16-5-8-17(25)9-6-16;1-30-21-17(22(29)26-13-16-12-24-10-11-25-16)7-9-19-20(21)18(27-28-19)8-4-14-2-5-15(23)6-3-14/h2-11,13-14H,12,15H2,1H3,(H,27,30)(H,28,29);2-11,13,15H,12,14H2,1H3,(H,27,30)(H,28,29);2-12,14H,13,15H2,1H3,(H,27,30)(H,28,29);2-12H,13H2,1H3,(H,26,29)(H,27,28)/b8-4+;10-6+;11-7+;8-4+. The van der Waals surface area contributed by atoms with Gasteiger partial charge in [-0.3, -0.25) is 64.5 Å². The molecule has 0 fully saturated rings. The Bertz CT molecular complexity index is 5950. The number of aromatic amines is 4. The highest BCUT2D eigenvalue weighted by atomic mass is 19.1. The Morgan fingerprint density at radius 3 is 1.00 bits per heavy atom. The van der Waals surface area contributed by atoms with Crippen molar-refractivity contribution in [1.82, 2.24) is 87.0 Å². The molecular weight excluding hydrogens is 1570 g/mol. The summed E-state index contributed by atoms with van der Waals surface area (Å²) in [5.74, 6) is -0.372. The van der Waals surface area contributed by atoms with E-state index in [1.54, 1.807) is 147 Å². The highest BCUT2D eigenvalue weighted by Crippen LogP contribution is 2.37. The second-order valence-corrected chi connectivity index (χ2v) is 27.2. The molecule has 123 heavy (non-hydrogen) atoms. The van der Waals surface area contributed by atoms with Crippen LogP contribution in [0.2, 0.25) is 0 Å². The number of nitrogens with zero attached hydrogens (tertiary/aromatic N) is 9. The number of amides is 4. The maximum Gasteiger partial charge on any atom is 0.255 e. The van der Waals surface area contributed by atoms with E-state index in [0.717, 1.165) is 39.1 Å². The van der Waals surface area contributed by atoms with Crippen LogP contribution in [0.5, 0.6) is 23.0 Å². The summed E-state index contributed by atoms with van der Waals surface area (Å²) in [7, 11) is 6.10. The van der Waals surface area contributed by atoms with E-state index >= 15 is 0 Å². The minimum atomic E-state index is -0.297. The minimum Gasteiger partial charge on any atom is -0.495 e. The predicted molar refractivity (Wildman–Crippen MR) is 466 cm³/mol. The van der Waals surface area contributed by atoms with Crippen LogP contribution in [0.3, 0.4) is 0 Å². The number of rotatable bonds is 27. The number of fused-ring (bicyclic) bond motifs is 4. The summed E-state index contributed by atoms with van der Waals surface area (Å²) in [5, 5.41) is 43.5. The third-order valence-corrected chi connectivity index (χ3v) is 19.2. The van der Waals surface area contributed by atoms with Gasteiger partial charge in [0, 0.05) is 75.1 Å². The number of methoxy groups -OCH3 is 4. The Labute approximate surface area is 702 Å². The Morgan fingerprint density at radius 1 is 0.317 bits per heavy atom. The Balaban J connectivity index is 0.000000141. The number of H-pyrrole nitrogens is 4. The molecule has 0 radical (unpaired) electrons. The number of hydrogen-bond acceptors (Lipinski definition) is 17. The van der Waals surface area contributed by atoms with Crippen LogP contribution in [0.4, 0.5) is 17.6 Å². The van der Waals surface area contributed by atoms with Crippen molar-refractivity contribution < 1.29 is 55.7 Å². The van der Waals surface area contributed by atoms with Crippen LogP contribution in [-0.4, -0.2) is 137 Å². The molecule has 0 unspecified atom stereocenters. The molecule has 29 heteroatoms. The van der Waals surface area contributed by atoms with Crippen molar-refractivity contribution in [1.29, 1.82) is 0 Å². The number of carbonyl (C=O) groups excluding carboxylic acids is 4. The van der Waals surface area contributed by atoms with Crippen molar-refractivity contribution >= 4 is 116 Å². The lowest BCUT2D eigenvalue weighted by Crippen LogP contribution is -2.26. The molecule has 8 N–H and O–H groups in total. The molecule has 0 aliphatic rings. The molecule has 0 saturated heterocycles. The molecule has 4 amide bonds. The molecule has 8 aromatic heterocycles. The van der Waals surface area contributed by atoms with Gasteiger partial charge in [-0.15, -0.1) is 0 Å². The maximum absolute atomic E-state index is 13.1. The summed E-state index contributed by atoms with van der Waals surface area (Å²) in [4.78, 5) is 71.7. The van der Waals surface area contributed by atoms with Crippen molar-refractivity contribution in [2.45, 2.75) is 25.8 Å². The Morgan fingerprint density at radius 2 is 0.667 bits per heavy atom. The average Bonchev–Trinajstić information content (AvgIpc) is 1.70. The quantitative estimate of drug-likeness (QED) is 0.0222. The number of halogens is 4. The number of carbonyl (C=O) groups is 4. The van der Waals surface area contributed by atoms with E-state index in [4.69, 9.17) is 18.9 Å². The molecule has 0 aliphatic carbocycles. The topological polar surface area (TPSA) is 332 Å². The van der Waals surface area contributed by atoms with Gasteiger partial charge < -0.3 is 40.2 Å². The third-order valence-electron chi connectivity index (χ3n) is 19.2. The van der Waals surface area contributed by atoms with E-state index in [0.29, 0.717) is 156 Å². The Hall–Kier alpha value is -16.1. The van der Waals surface area contributed by atoms with Gasteiger partial charge in [0.25, 0.3) is 23.6 Å². The number of ether oxygens (including phenoxy) is 4. The molecule has 8 heterocycles. The van der Waals surface area contributed by atoms with Gasteiger partial charge in [-0.1, -0.05) is 85.0 Å². The normalized spacial score (nSPS) is 11.2. The highest BCUT2D eigenvalue weighted by Gasteiger charge is 2.24. The number of nitrogens with one attached hydrogen (secondary N) is 8. The zero-order chi connectivity index (χ0) is 85.8. The lowest BCUT2D eigenvalue weighted by Gasteiger charge is -2.11. The van der Waals surface area contributed by atoms with Crippen LogP contribution in [0, 0.1) is 23.3 Å². The summed E-state index contributed by atoms with van der Waals surface area (Å²) in [6.45, 7) is 1.68. The van der Waals surface area contributed by atoms with Crippen molar-refractivity contribution in [3.05, 3.63) is 351 Å². The summed E-state index contributed by atoms with van der Waals surface area (Å²) in [6, 6.07) is 51.9. The molecule has 0 atom stereocenters. The third kappa shape index (κ3) is 22.2. The van der Waals surface area contributed by atoms with Crippen LogP contribution in [0.1, 0.15) is 109 Å². The summed E-state index contributed by atoms with van der Waals surface area (Å²) < 4.78 is 74.8. The van der Waals surface area contributed by atoms with Crippen molar-refractivity contribution in [2.75, 3.05) is 48.1 Å². The molecule has 0 saturated carbocycles. The van der Waals surface area contributed by atoms with Crippen LogP contribution >= 0.6 is 0 Å². The first-order valence-electron chi connectivity index (χ1n) is 38.6. The monoisotopic (exact) mass is 1650 g/mol. The van der Waals surface area contributed by atoms with Crippen LogP contribution in [0.15, 0.2) is 238 Å². The largest absolute Gasteiger partial charge is 0.495 e. The van der Waals surface area contributed by atoms with Crippen molar-refractivity contribution in [3.63, 3.8) is 0 Å². The van der Waals surface area contributed by atoms with Gasteiger partial charge in [0.05, 0.1) is 136 Å². The SMILES string of the molecule is COc1c(C(=O)NCCc2ccccn2)ccc2n[nH]c(/C=C/c3ccc(F)cc3)c12.COc1c(C(=O)NCCc2cccnc2)ccc2n[nH]c(/C=C/c3ccc(F)cc3)c12.COc1c(C(=O)NCCc2ccncc2)ccc2n[nH]c(/C=C/c3ccc(F)cc3)c12.COc1c(C(=O)NCc2cnccn2)ccc2n[nH]c(/C=C/c3ccc(F)cc3)c12. The second kappa shape index (κ2) is 41.9. The fourth-order valence-electron chi connectivity index (χ4n) is 13.0. The zero-order valence-electron chi connectivity index (χ0n) is 66.9. The van der Waals surface area contributed by atoms with Gasteiger partial charge in [0.1, 0.15) is 46.3 Å². The first kappa shape index (κ1) is 84.8. The lowest BCUT2D eigenvalue weighted by atomic mass is 10.1. The summed E-state index contributed by atoms with van der Waals surface area (Å²) in [6.07, 6.45) is 30.1. The molecule has 25 nitrogen and oxygen atoms in total. The molecule has 0 spiro atoms. The average molecular weight is 1650 g/mol. The van der Waals surface area contributed by atoms with E-state index in [2.05, 4.69) is 87.0 Å². The summed E-state index contributed by atoms with van der Waals surface area (Å²) in [5.41, 5.74) is 14.2. The number of aromatic nitrogens is 13. The lowest BCUT2D eigenvalue weighted by molar-refractivity contribution is 0.0940. The fourth-order valence-corrected chi connectivity index (χ4v) is 13.0. The first-order chi connectivity index (χ1) is 60.1. The van der Waals surface area contributed by atoms with E-state index in [9.17, 15) is 36.7 Å². The van der Waals surface area contributed by atoms with Gasteiger partial charge in [-0.2, -0.15) is 20.4 Å². The van der Waals surface area contributed by atoms with E-state index in [1.807, 2.05) is 91.1 Å². The number of pyridine rings is 3. The first-order valence-corrected chi connectivity index (χ1v) is 38.6. The minimum absolute atomic E-state index is 0.220. The van der Waals surface area contributed by atoms with Crippen molar-refractivity contribution in [2.24, 2.45) is 0 Å². The highest BCUT2D eigenvalue weighted by molar-refractivity contribution is 6.09. The van der Waals surface area contributed by atoms with Gasteiger partial charge >= 0.3 is 0 Å². The Kier molecular flexibility index (Phi) is 28.9. The van der Waals surface area contributed by atoms with Gasteiger partial charge in [-0.05, 0) is 198 Å². The van der Waals surface area contributed by atoms with Crippen molar-refractivity contribution in [3.8, 4) is 23.0 Å². The van der Waals surface area contributed by atoms with Gasteiger partial charge in [-0.25, -0.2) is 17.6 Å².